The van der Waals surface area contributed by atoms with Crippen molar-refractivity contribution in [2.45, 2.75) is 64.8 Å². The van der Waals surface area contributed by atoms with Crippen LogP contribution in [-0.2, 0) is 26.8 Å². The molecule has 3 aromatic heterocycles. The molecular formula is C38H31N11Na2O6S3. The largest absolute Gasteiger partial charge is 1.00 e. The third-order valence-corrected chi connectivity index (χ3v) is 12.5. The fourth-order valence-corrected chi connectivity index (χ4v) is 9.82. The van der Waals surface area contributed by atoms with Crippen LogP contribution < -0.4 is 69.3 Å². The first-order valence-electron chi connectivity index (χ1n) is 17.0. The molecule has 0 unspecified atom stereocenters. The van der Waals surface area contributed by atoms with Crippen molar-refractivity contribution in [2.24, 2.45) is 10.2 Å². The van der Waals surface area contributed by atoms with Gasteiger partial charge < -0.3 is 24.1 Å². The quantitative estimate of drug-likeness (QED) is 0.0906. The number of nitrogens with zero attached hydrogens (tertiary/aromatic N) is 10. The second-order valence-corrected chi connectivity index (χ2v) is 16.8. The van der Waals surface area contributed by atoms with E-state index in [1.165, 1.54) is 45.1 Å². The first-order valence-corrected chi connectivity index (χ1v) is 20.7. The molecule has 0 amide bonds. The monoisotopic (exact) mass is 879 g/mol. The minimum absolute atomic E-state index is 0. The van der Waals surface area contributed by atoms with Gasteiger partial charge in [0.05, 0.1) is 25.7 Å². The number of rotatable bonds is 10. The second kappa shape index (κ2) is 18.6. The van der Waals surface area contributed by atoms with Gasteiger partial charge in [0.15, 0.2) is 17.5 Å². The average Bonchev–Trinajstić information content (AvgIpc) is 3.70. The third kappa shape index (κ3) is 9.18. The summed E-state index contributed by atoms with van der Waals surface area (Å²) in [5.74, 6) is -0.569. The van der Waals surface area contributed by atoms with Gasteiger partial charge in [-0.25, -0.2) is 31.4 Å². The van der Waals surface area contributed by atoms with E-state index in [0.29, 0.717) is 33.0 Å². The molecule has 0 aliphatic carbocycles. The molecule has 22 heteroatoms. The van der Waals surface area contributed by atoms with E-state index in [1.54, 1.807) is 37.8 Å². The Kier molecular flexibility index (Phi) is 14.9. The number of azo groups is 1. The summed E-state index contributed by atoms with van der Waals surface area (Å²) >= 11 is 1.28. The van der Waals surface area contributed by atoms with Crippen LogP contribution in [0.1, 0.15) is 38.9 Å². The van der Waals surface area contributed by atoms with Gasteiger partial charge in [-0.05, 0) is 106 Å². The molecule has 0 radical (unpaired) electrons. The van der Waals surface area contributed by atoms with Crippen molar-refractivity contribution in [3.8, 4) is 6.07 Å². The summed E-state index contributed by atoms with van der Waals surface area (Å²) in [5, 5.41) is 21.7. The van der Waals surface area contributed by atoms with Crippen molar-refractivity contribution < 1.29 is 85.1 Å². The van der Waals surface area contributed by atoms with Crippen LogP contribution in [0.2, 0.25) is 0 Å². The zero-order chi connectivity index (χ0) is 42.4. The van der Waals surface area contributed by atoms with Crippen LogP contribution in [0.4, 0.5) is 51.4 Å². The van der Waals surface area contributed by atoms with Gasteiger partial charge in [-0.2, -0.15) is 5.26 Å². The number of nitriles is 1. The number of pyridine rings is 1. The molecule has 6 aromatic rings. The van der Waals surface area contributed by atoms with Crippen LogP contribution >= 0.6 is 11.3 Å². The molecule has 0 atom stereocenters. The molecule has 3 aromatic carbocycles. The zero-order valence-electron chi connectivity index (χ0n) is 33.9. The number of imidazole rings is 1. The smallest absolute Gasteiger partial charge is 0.744 e. The molecule has 294 valence electrons. The van der Waals surface area contributed by atoms with Gasteiger partial charge in [0, 0.05) is 5.69 Å². The van der Waals surface area contributed by atoms with E-state index in [4.69, 9.17) is 23.1 Å². The van der Waals surface area contributed by atoms with E-state index < -0.39 is 30.0 Å². The maximum atomic E-state index is 12.7. The summed E-state index contributed by atoms with van der Waals surface area (Å²) in [4.78, 5) is 21.3. The van der Waals surface area contributed by atoms with Crippen molar-refractivity contribution in [2.75, 3.05) is 10.2 Å². The minimum atomic E-state index is -4.96. The summed E-state index contributed by atoms with van der Waals surface area (Å²) in [5.41, 5.74) is 3.50. The van der Waals surface area contributed by atoms with Crippen LogP contribution in [0, 0.1) is 72.9 Å². The normalized spacial score (nSPS) is 11.4. The molecule has 0 aliphatic rings. The zero-order valence-corrected chi connectivity index (χ0v) is 40.3. The Morgan fingerprint density at radius 1 is 0.833 bits per heavy atom. The Balaban J connectivity index is 0.00000397. The standard InChI is InChI=1S/C38H33N11O6S3.2Na/c1-19-16-22(4)32(57(50,51)52)24(6)29(19)44-34-30(46-47-37-45-35(40-8)36(41-9)48(37)15-14-39)20(2)18-28(43-34)49(38-42-26-12-10-11-13-27(26)56-38)31-21(3)17-23(5)33(25(31)7)58(53,54)55;;/h10-13,16-18H,15H2,1-7H3,(H,43,44)(H,50,51,52)(H,53,54,55);;/q;2*+1/p-2. The van der Waals surface area contributed by atoms with Crippen LogP contribution in [-0.4, -0.2) is 45.5 Å². The fourth-order valence-electron chi connectivity index (χ4n) is 6.98. The number of para-hydroxylation sites is 1. The number of aromatic nitrogens is 4. The Morgan fingerprint density at radius 2 is 1.45 bits per heavy atom. The number of nitrogens with one attached hydrogen (secondary N) is 1. The number of hydrogen-bond acceptors (Lipinski definition) is 15. The van der Waals surface area contributed by atoms with E-state index in [9.17, 15) is 31.2 Å². The summed E-state index contributed by atoms with van der Waals surface area (Å²) in [6.45, 7) is 25.8. The fraction of sp³-hybridized carbons (Fsp3) is 0.211. The van der Waals surface area contributed by atoms with E-state index in [2.05, 4.69) is 30.2 Å². The van der Waals surface area contributed by atoms with Gasteiger partial charge in [0.2, 0.25) is 0 Å². The predicted octanol–water partition coefficient (Wildman–Crippen LogP) is 3.12. The van der Waals surface area contributed by atoms with E-state index in [0.717, 1.165) is 9.27 Å². The number of aryl methyl sites for hydroxylation is 5. The van der Waals surface area contributed by atoms with Crippen molar-refractivity contribution in [1.82, 2.24) is 19.5 Å². The number of fused-ring (bicyclic) bond motifs is 1. The average molecular weight is 880 g/mol. The summed E-state index contributed by atoms with van der Waals surface area (Å²) in [7, 11) is -9.90. The number of anilines is 5. The molecule has 0 bridgehead atoms. The van der Waals surface area contributed by atoms with Crippen LogP contribution in [0.15, 0.2) is 62.5 Å². The van der Waals surface area contributed by atoms with E-state index in [-0.39, 0.29) is 129 Å². The molecule has 0 saturated carbocycles. The molecule has 6 rings (SSSR count). The minimum Gasteiger partial charge on any atom is -0.744 e. The van der Waals surface area contributed by atoms with Crippen molar-refractivity contribution in [1.29, 1.82) is 5.26 Å². The maximum Gasteiger partial charge on any atom is 1.00 e. The molecule has 1 N–H and O–H groups in total. The Bertz CT molecular complexity index is 3080. The van der Waals surface area contributed by atoms with Gasteiger partial charge in [-0.3, -0.25) is 4.90 Å². The van der Waals surface area contributed by atoms with Crippen LogP contribution in [0.5, 0.6) is 0 Å². The number of thiazole rings is 1. The summed E-state index contributed by atoms with van der Waals surface area (Å²) < 4.78 is 77.4. The first-order chi connectivity index (χ1) is 27.3. The second-order valence-electron chi connectivity index (χ2n) is 13.2. The van der Waals surface area contributed by atoms with Gasteiger partial charge in [0.1, 0.15) is 37.8 Å². The van der Waals surface area contributed by atoms with Crippen molar-refractivity contribution >= 4 is 93.2 Å². The molecule has 17 nitrogen and oxygen atoms in total. The number of benzene rings is 3. The van der Waals surface area contributed by atoms with Gasteiger partial charge in [-0.1, -0.05) is 58.8 Å². The van der Waals surface area contributed by atoms with Gasteiger partial charge in [-0.15, -0.1) is 5.11 Å². The van der Waals surface area contributed by atoms with Gasteiger partial charge in [0.25, 0.3) is 11.6 Å². The Labute approximate surface area is 395 Å². The molecule has 60 heavy (non-hydrogen) atoms. The molecular weight excluding hydrogens is 849 g/mol. The van der Waals surface area contributed by atoms with Gasteiger partial charge >= 0.3 is 65.1 Å². The van der Waals surface area contributed by atoms with Crippen molar-refractivity contribution in [3.05, 3.63) is 104 Å². The predicted molar refractivity (Wildman–Crippen MR) is 215 cm³/mol. The topological polar surface area (TPSA) is 230 Å². The SMILES string of the molecule is [C-]#[N+]c1nc(N=Nc2c(C)cc(N(c3nc4ccccc4s3)c3c(C)cc(C)c(S(=O)(=O)[O-])c3C)nc2Nc2c(C)cc(C)c(S(=O)(=O)[O-])c2C)n(CC#N)c1[N+]#[C-].[Na+].[Na+]. The maximum absolute atomic E-state index is 12.7. The van der Waals surface area contributed by atoms with Crippen LogP contribution in [0.3, 0.4) is 0 Å². The molecule has 0 saturated heterocycles. The van der Waals surface area contributed by atoms with E-state index >= 15 is 0 Å². The number of hydrogen-bond donors (Lipinski definition) is 1. The van der Waals surface area contributed by atoms with Crippen LogP contribution in [0.25, 0.3) is 19.9 Å². The summed E-state index contributed by atoms with van der Waals surface area (Å²) in [6.07, 6.45) is 0. The first kappa shape index (κ1) is 48.1. The summed E-state index contributed by atoms with van der Waals surface area (Å²) in [6, 6.07) is 14.0. The Hall–Kier alpha value is -4.60. The van der Waals surface area contributed by atoms with Crippen molar-refractivity contribution in [3.63, 3.8) is 0 Å². The molecule has 3 heterocycles. The molecule has 0 fully saturated rings. The third-order valence-electron chi connectivity index (χ3n) is 9.18. The van der Waals surface area contributed by atoms with E-state index in [1.807, 2.05) is 30.3 Å². The Morgan fingerprint density at radius 3 is 2.03 bits per heavy atom. The molecule has 0 aliphatic heterocycles. The molecule has 0 spiro atoms.